The summed E-state index contributed by atoms with van der Waals surface area (Å²) in [5.74, 6) is 1.41. The summed E-state index contributed by atoms with van der Waals surface area (Å²) in [4.78, 5) is 0. The van der Waals surface area contributed by atoms with Crippen LogP contribution < -0.4 is 9.47 Å². The van der Waals surface area contributed by atoms with Gasteiger partial charge in [-0.1, -0.05) is 34.3 Å². The van der Waals surface area contributed by atoms with Gasteiger partial charge in [-0.15, -0.1) is 0 Å². The Morgan fingerprint density at radius 1 is 1.17 bits per heavy atom. The molecule has 0 spiro atoms. The Morgan fingerprint density at radius 2 is 1.87 bits per heavy atom. The van der Waals surface area contributed by atoms with Gasteiger partial charge in [0.15, 0.2) is 19.8 Å². The third-order valence-electron chi connectivity index (χ3n) is 5.71. The molecule has 0 amide bonds. The first-order valence-corrected chi connectivity index (χ1v) is 13.4. The fourth-order valence-electron chi connectivity index (χ4n) is 2.77. The van der Waals surface area contributed by atoms with E-state index in [2.05, 4.69) is 64.5 Å². The van der Waals surface area contributed by atoms with Crippen LogP contribution in [0, 0.1) is 0 Å². The van der Waals surface area contributed by atoms with E-state index in [0.717, 1.165) is 28.8 Å². The largest absolute Gasteiger partial charge is 0.493 e. The summed E-state index contributed by atoms with van der Waals surface area (Å²) in [6.45, 7) is 20.3. The molecule has 0 aliphatic heterocycles. The van der Waals surface area contributed by atoms with E-state index in [0.29, 0.717) is 18.1 Å². The molecule has 30 heavy (non-hydrogen) atoms. The number of hydrogen-bond donors (Lipinski definition) is 0. The summed E-state index contributed by atoms with van der Waals surface area (Å²) >= 11 is 0. The molecule has 6 heteroatoms. The smallest absolute Gasteiger partial charge is 0.192 e. The third kappa shape index (κ3) is 5.70. The van der Waals surface area contributed by atoms with Crippen LogP contribution in [0.1, 0.15) is 46.6 Å². The van der Waals surface area contributed by atoms with Gasteiger partial charge in [0.25, 0.3) is 0 Å². The zero-order valence-corrected chi connectivity index (χ0v) is 20.7. The summed E-state index contributed by atoms with van der Waals surface area (Å²) in [5.41, 5.74) is 3.52. The van der Waals surface area contributed by atoms with Crippen molar-refractivity contribution < 1.29 is 13.9 Å². The van der Waals surface area contributed by atoms with Crippen LogP contribution >= 0.6 is 0 Å². The minimum absolute atomic E-state index is 0.0951. The summed E-state index contributed by atoms with van der Waals surface area (Å²) < 4.78 is 17.8. The Bertz CT molecular complexity index is 875. The first kappa shape index (κ1) is 24.1. The van der Waals surface area contributed by atoms with Gasteiger partial charge < -0.3 is 13.9 Å². The molecule has 1 aromatic carbocycles. The molecule has 0 radical (unpaired) electrons. The number of hydrogen-bond acceptors (Lipinski definition) is 5. The van der Waals surface area contributed by atoms with Gasteiger partial charge in [0.1, 0.15) is 0 Å². The van der Waals surface area contributed by atoms with Gasteiger partial charge in [-0.25, -0.2) is 0 Å². The van der Waals surface area contributed by atoms with Crippen LogP contribution in [-0.4, -0.2) is 38.3 Å². The molecule has 0 N–H and O–H groups in total. The Labute approximate surface area is 182 Å². The van der Waals surface area contributed by atoms with Crippen molar-refractivity contribution in [3.8, 4) is 22.8 Å². The predicted octanol–water partition coefficient (Wildman–Crippen LogP) is 6.36. The Kier molecular flexibility index (Phi) is 7.83. The van der Waals surface area contributed by atoms with Crippen molar-refractivity contribution in [1.29, 1.82) is 0 Å². The van der Waals surface area contributed by atoms with Crippen LogP contribution in [0.2, 0.25) is 18.1 Å². The topological polar surface area (TPSA) is 53.5 Å². The molecule has 0 fully saturated rings. The number of nitrogens with zero attached hydrogens (tertiary/aromatic N) is 2. The number of benzene rings is 1. The molecule has 1 atom stereocenters. The second-order valence-corrected chi connectivity index (χ2v) is 13.8. The molecule has 1 unspecified atom stereocenters. The highest BCUT2D eigenvalue weighted by Crippen LogP contribution is 2.39. The standard InChI is InChI=1S/C24H36N2O3Si/c1-10-13-28-23-15-19(11-12-22(23)27-7)21-14-20(16-25-26-21)17(2)18(3)29-30(8,9)24(4,5)6/h11-12,14-16,18H,2,10,13H2,1,3-9H3. The van der Waals surface area contributed by atoms with Crippen molar-refractivity contribution in [3.05, 3.63) is 42.6 Å². The van der Waals surface area contributed by atoms with E-state index in [9.17, 15) is 0 Å². The number of rotatable bonds is 9. The Hall–Kier alpha value is -2.18. The molecule has 2 rings (SSSR count). The van der Waals surface area contributed by atoms with Crippen molar-refractivity contribution in [2.45, 2.75) is 65.3 Å². The van der Waals surface area contributed by atoms with Crippen LogP contribution in [0.3, 0.4) is 0 Å². The first-order valence-electron chi connectivity index (χ1n) is 10.5. The average Bonchev–Trinajstić information content (AvgIpc) is 2.70. The van der Waals surface area contributed by atoms with E-state index < -0.39 is 8.32 Å². The molecular weight excluding hydrogens is 392 g/mol. The lowest BCUT2D eigenvalue weighted by Gasteiger charge is -2.39. The maximum absolute atomic E-state index is 6.51. The molecule has 1 heterocycles. The molecule has 0 saturated heterocycles. The number of ether oxygens (including phenoxy) is 2. The van der Waals surface area contributed by atoms with Crippen LogP contribution in [0.5, 0.6) is 11.5 Å². The van der Waals surface area contributed by atoms with Crippen molar-refractivity contribution in [2.75, 3.05) is 13.7 Å². The minimum atomic E-state index is -1.90. The van der Waals surface area contributed by atoms with Crippen molar-refractivity contribution in [1.82, 2.24) is 10.2 Å². The van der Waals surface area contributed by atoms with Gasteiger partial charge in [0.2, 0.25) is 0 Å². The Morgan fingerprint density at radius 3 is 2.47 bits per heavy atom. The summed E-state index contributed by atoms with van der Waals surface area (Å²) in [5, 5.41) is 8.68. The molecule has 5 nitrogen and oxygen atoms in total. The first-order chi connectivity index (χ1) is 14.0. The van der Waals surface area contributed by atoms with Crippen LogP contribution in [-0.2, 0) is 4.43 Å². The van der Waals surface area contributed by atoms with Gasteiger partial charge >= 0.3 is 0 Å². The SMILES string of the molecule is C=C(c1cnnc(-c2ccc(OC)c(OCCC)c2)c1)C(C)O[Si](C)(C)C(C)(C)C. The van der Waals surface area contributed by atoms with Gasteiger partial charge in [0, 0.05) is 11.1 Å². The van der Waals surface area contributed by atoms with Crippen molar-refractivity contribution in [3.63, 3.8) is 0 Å². The highest BCUT2D eigenvalue weighted by molar-refractivity contribution is 6.74. The van der Waals surface area contributed by atoms with E-state index >= 15 is 0 Å². The van der Waals surface area contributed by atoms with Gasteiger partial charge in [0.05, 0.1) is 31.7 Å². The predicted molar refractivity (Wildman–Crippen MR) is 127 cm³/mol. The molecular formula is C24H36N2O3Si. The zero-order chi connectivity index (χ0) is 22.5. The summed E-state index contributed by atoms with van der Waals surface area (Å²) in [6.07, 6.45) is 2.58. The molecule has 164 valence electrons. The zero-order valence-electron chi connectivity index (χ0n) is 19.7. The molecule has 1 aromatic heterocycles. The van der Waals surface area contributed by atoms with Gasteiger partial charge in [-0.05, 0) is 61.3 Å². The fourth-order valence-corrected chi connectivity index (χ4v) is 4.15. The number of methoxy groups -OCH3 is 1. The molecule has 0 aliphatic carbocycles. The highest BCUT2D eigenvalue weighted by atomic mass is 28.4. The number of aromatic nitrogens is 2. The minimum Gasteiger partial charge on any atom is -0.493 e. The average molecular weight is 429 g/mol. The molecule has 0 bridgehead atoms. The lowest BCUT2D eigenvalue weighted by Crippen LogP contribution is -2.43. The van der Waals surface area contributed by atoms with Crippen LogP contribution in [0.15, 0.2) is 37.0 Å². The lowest BCUT2D eigenvalue weighted by molar-refractivity contribution is 0.251. The van der Waals surface area contributed by atoms with Crippen LogP contribution in [0.25, 0.3) is 16.8 Å². The van der Waals surface area contributed by atoms with E-state index in [4.69, 9.17) is 13.9 Å². The van der Waals surface area contributed by atoms with E-state index in [1.807, 2.05) is 24.3 Å². The van der Waals surface area contributed by atoms with Crippen molar-refractivity contribution in [2.24, 2.45) is 0 Å². The van der Waals surface area contributed by atoms with E-state index in [1.165, 1.54) is 0 Å². The third-order valence-corrected chi connectivity index (χ3v) is 10.3. The van der Waals surface area contributed by atoms with Crippen LogP contribution in [0.4, 0.5) is 0 Å². The monoisotopic (exact) mass is 428 g/mol. The maximum Gasteiger partial charge on any atom is 0.192 e. The summed E-state index contributed by atoms with van der Waals surface area (Å²) in [7, 11) is -0.258. The lowest BCUT2D eigenvalue weighted by atomic mass is 10.0. The molecule has 0 aliphatic rings. The second kappa shape index (κ2) is 9.75. The molecule has 0 saturated carbocycles. The maximum atomic E-state index is 6.51. The van der Waals surface area contributed by atoms with Crippen molar-refractivity contribution >= 4 is 13.9 Å². The second-order valence-electron chi connectivity index (χ2n) is 9.09. The fraction of sp³-hybridized carbons (Fsp3) is 0.500. The van der Waals surface area contributed by atoms with Gasteiger partial charge in [-0.2, -0.15) is 10.2 Å². The van der Waals surface area contributed by atoms with Gasteiger partial charge in [-0.3, -0.25) is 0 Å². The summed E-state index contributed by atoms with van der Waals surface area (Å²) in [6, 6.07) is 7.81. The highest BCUT2D eigenvalue weighted by Gasteiger charge is 2.38. The van der Waals surface area contributed by atoms with E-state index in [1.54, 1.807) is 13.3 Å². The Balaban J connectivity index is 2.29. The normalized spacial score (nSPS) is 13.1. The quantitative estimate of drug-likeness (QED) is 0.435. The van der Waals surface area contributed by atoms with E-state index in [-0.39, 0.29) is 11.1 Å². The molecule has 2 aromatic rings.